The Morgan fingerprint density at radius 3 is 2.37 bits per heavy atom. The fourth-order valence-corrected chi connectivity index (χ4v) is 4.92. The summed E-state index contributed by atoms with van der Waals surface area (Å²) in [4.78, 5) is 17.5. The summed E-state index contributed by atoms with van der Waals surface area (Å²) >= 11 is 0. The smallest absolute Gasteiger partial charge is 0.382 e. The van der Waals surface area contributed by atoms with Crippen molar-refractivity contribution in [1.82, 2.24) is 0 Å². The van der Waals surface area contributed by atoms with Gasteiger partial charge in [-0.2, -0.15) is 0 Å². The third-order valence-electron chi connectivity index (χ3n) is 3.04. The first-order valence-electron chi connectivity index (χ1n) is 6.15. The number of rotatable bonds is 8. The van der Waals surface area contributed by atoms with Gasteiger partial charge in [0.15, 0.2) is 9.84 Å². The van der Waals surface area contributed by atoms with E-state index in [-0.39, 0.29) is 18.3 Å². The molecule has 0 amide bonds. The topological polar surface area (TPSA) is 110 Å². The number of ether oxygens (including phenoxy) is 1. The Morgan fingerprint density at radius 1 is 1.32 bits per heavy atom. The van der Waals surface area contributed by atoms with E-state index in [9.17, 15) is 13.0 Å². The van der Waals surface area contributed by atoms with Crippen molar-refractivity contribution in [3.63, 3.8) is 0 Å². The molecule has 0 radical (unpaired) electrons. The predicted molar refractivity (Wildman–Crippen MR) is 69.4 cm³/mol. The monoisotopic (exact) mass is 316 g/mol. The van der Waals surface area contributed by atoms with Gasteiger partial charge >= 0.3 is 7.82 Å². The van der Waals surface area contributed by atoms with E-state index in [4.69, 9.17) is 14.5 Å². The molecule has 114 valence electrons. The lowest BCUT2D eigenvalue weighted by molar-refractivity contribution is 0.0688. The molecule has 0 spiro atoms. The largest absolute Gasteiger partial charge is 0.469 e. The third-order valence-corrected chi connectivity index (χ3v) is 5.47. The summed E-state index contributed by atoms with van der Waals surface area (Å²) in [6.07, 6.45) is 2.74. The van der Waals surface area contributed by atoms with E-state index in [1.165, 1.54) is 7.11 Å². The highest BCUT2D eigenvalue weighted by atomic mass is 32.2. The SMILES string of the molecule is COC[C@@H](CS(=O)(=O)CC1CCCC1)OP(=O)(O)O. The molecule has 9 heteroatoms. The van der Waals surface area contributed by atoms with Gasteiger partial charge in [0.05, 0.1) is 18.1 Å². The van der Waals surface area contributed by atoms with Crippen molar-refractivity contribution >= 4 is 17.7 Å². The molecule has 1 atom stereocenters. The quantitative estimate of drug-likeness (QED) is 0.635. The fraction of sp³-hybridized carbons (Fsp3) is 1.00. The van der Waals surface area contributed by atoms with Gasteiger partial charge in [0, 0.05) is 7.11 Å². The molecule has 0 heterocycles. The minimum atomic E-state index is -4.72. The van der Waals surface area contributed by atoms with Crippen molar-refractivity contribution in [1.29, 1.82) is 0 Å². The summed E-state index contributed by atoms with van der Waals surface area (Å²) in [6, 6.07) is 0. The fourth-order valence-electron chi connectivity index (χ4n) is 2.38. The Hall–Kier alpha value is 0.0200. The highest BCUT2D eigenvalue weighted by Crippen LogP contribution is 2.38. The van der Waals surface area contributed by atoms with E-state index < -0.39 is 29.5 Å². The number of hydrogen-bond donors (Lipinski definition) is 2. The number of sulfone groups is 1. The number of phosphoric acid groups is 1. The first kappa shape index (κ1) is 17.1. The lowest BCUT2D eigenvalue weighted by Crippen LogP contribution is -2.30. The van der Waals surface area contributed by atoms with Crippen LogP contribution >= 0.6 is 7.82 Å². The standard InChI is InChI=1S/C10H21O7PS/c1-16-6-10(17-18(11,12)13)8-19(14,15)7-9-4-2-3-5-9/h9-10H,2-8H2,1H3,(H2,11,12,13)/t10-/m0/s1. The van der Waals surface area contributed by atoms with Gasteiger partial charge in [-0.05, 0) is 18.8 Å². The molecular formula is C10H21O7PS. The molecule has 1 rings (SSSR count). The molecule has 1 aliphatic rings. The van der Waals surface area contributed by atoms with Gasteiger partial charge in [0.25, 0.3) is 0 Å². The average Bonchev–Trinajstić information content (AvgIpc) is 2.66. The van der Waals surface area contributed by atoms with Gasteiger partial charge in [0.1, 0.15) is 6.10 Å². The Labute approximate surface area is 113 Å². The molecule has 0 aromatic rings. The van der Waals surface area contributed by atoms with Crippen LogP contribution in [0.25, 0.3) is 0 Å². The van der Waals surface area contributed by atoms with Crippen LogP contribution in [-0.2, 0) is 23.7 Å². The Bertz CT molecular complexity index is 410. The minimum Gasteiger partial charge on any atom is -0.382 e. The molecule has 0 aromatic carbocycles. The van der Waals surface area contributed by atoms with E-state index in [0.717, 1.165) is 25.7 Å². The molecule has 2 N–H and O–H groups in total. The molecule has 1 aliphatic carbocycles. The van der Waals surface area contributed by atoms with Crippen molar-refractivity contribution in [2.75, 3.05) is 25.2 Å². The molecule has 1 fully saturated rings. The highest BCUT2D eigenvalue weighted by Gasteiger charge is 2.29. The van der Waals surface area contributed by atoms with E-state index in [1.807, 2.05) is 0 Å². The van der Waals surface area contributed by atoms with Gasteiger partial charge < -0.3 is 14.5 Å². The van der Waals surface area contributed by atoms with Crippen molar-refractivity contribution in [3.8, 4) is 0 Å². The van der Waals surface area contributed by atoms with Gasteiger partial charge in [-0.3, -0.25) is 4.52 Å². The van der Waals surface area contributed by atoms with E-state index in [0.29, 0.717) is 0 Å². The molecule has 0 bridgehead atoms. The maximum atomic E-state index is 12.0. The molecule has 7 nitrogen and oxygen atoms in total. The van der Waals surface area contributed by atoms with Gasteiger partial charge in [0.2, 0.25) is 0 Å². The van der Waals surface area contributed by atoms with Crippen LogP contribution in [0.2, 0.25) is 0 Å². The van der Waals surface area contributed by atoms with Gasteiger partial charge in [-0.1, -0.05) is 12.8 Å². The first-order chi connectivity index (χ1) is 8.72. The van der Waals surface area contributed by atoms with Crippen LogP contribution in [0.1, 0.15) is 25.7 Å². The molecule has 0 aromatic heterocycles. The zero-order valence-electron chi connectivity index (χ0n) is 10.9. The van der Waals surface area contributed by atoms with Crippen LogP contribution < -0.4 is 0 Å². The lowest BCUT2D eigenvalue weighted by atomic mass is 10.1. The summed E-state index contributed by atoms with van der Waals surface area (Å²) in [5, 5.41) is 0. The first-order valence-corrected chi connectivity index (χ1v) is 9.50. The molecule has 0 aliphatic heterocycles. The zero-order chi connectivity index (χ0) is 14.5. The zero-order valence-corrected chi connectivity index (χ0v) is 12.6. The summed E-state index contributed by atoms with van der Waals surface area (Å²) in [5.74, 6) is -0.219. The van der Waals surface area contributed by atoms with E-state index in [1.54, 1.807) is 0 Å². The van der Waals surface area contributed by atoms with Crippen molar-refractivity contribution in [2.45, 2.75) is 31.8 Å². The maximum absolute atomic E-state index is 12.0. The highest BCUT2D eigenvalue weighted by molar-refractivity contribution is 7.91. The predicted octanol–water partition coefficient (Wildman–Crippen LogP) is 0.716. The van der Waals surface area contributed by atoms with Crippen LogP contribution in [0, 0.1) is 5.92 Å². The van der Waals surface area contributed by atoms with E-state index in [2.05, 4.69) is 4.52 Å². The average molecular weight is 316 g/mol. The van der Waals surface area contributed by atoms with Crippen LogP contribution in [0.5, 0.6) is 0 Å². The summed E-state index contributed by atoms with van der Waals surface area (Å²) in [7, 11) is -6.81. The van der Waals surface area contributed by atoms with Crippen LogP contribution in [0.4, 0.5) is 0 Å². The molecule has 1 saturated carbocycles. The van der Waals surface area contributed by atoms with Gasteiger partial charge in [-0.15, -0.1) is 0 Å². The summed E-state index contributed by atoms with van der Waals surface area (Å²) in [6.45, 7) is -0.172. The van der Waals surface area contributed by atoms with Crippen molar-refractivity contribution in [2.24, 2.45) is 5.92 Å². The second-order valence-corrected chi connectivity index (χ2v) is 8.25. The lowest BCUT2D eigenvalue weighted by Gasteiger charge is -2.18. The minimum absolute atomic E-state index is 0.0533. The second-order valence-electron chi connectivity index (χ2n) is 4.90. The normalized spacial score (nSPS) is 19.7. The van der Waals surface area contributed by atoms with E-state index >= 15 is 0 Å². The molecule has 19 heavy (non-hydrogen) atoms. The van der Waals surface area contributed by atoms with Gasteiger partial charge in [-0.25, -0.2) is 13.0 Å². The van der Waals surface area contributed by atoms with Crippen molar-refractivity contribution < 1.29 is 32.0 Å². The third kappa shape index (κ3) is 7.39. The van der Waals surface area contributed by atoms with Crippen LogP contribution in [0.15, 0.2) is 0 Å². The van der Waals surface area contributed by atoms with Crippen LogP contribution in [-0.4, -0.2) is 49.5 Å². The van der Waals surface area contributed by atoms with Crippen molar-refractivity contribution in [3.05, 3.63) is 0 Å². The second kappa shape index (κ2) is 7.15. The Kier molecular flexibility index (Phi) is 6.42. The number of hydrogen-bond acceptors (Lipinski definition) is 5. The Morgan fingerprint density at radius 2 is 1.89 bits per heavy atom. The van der Waals surface area contributed by atoms with Crippen LogP contribution in [0.3, 0.4) is 0 Å². The maximum Gasteiger partial charge on any atom is 0.469 e. The molecule has 0 saturated heterocycles. The Balaban J connectivity index is 2.57. The number of phosphoric ester groups is 1. The molecule has 0 unspecified atom stereocenters. The molecular weight excluding hydrogens is 295 g/mol. The summed E-state index contributed by atoms with van der Waals surface area (Å²) in [5.41, 5.74) is 0. The summed E-state index contributed by atoms with van der Waals surface area (Å²) < 4.78 is 43.9. The number of methoxy groups -OCH3 is 1.